The van der Waals surface area contributed by atoms with Crippen molar-refractivity contribution in [2.75, 3.05) is 31.0 Å². The van der Waals surface area contributed by atoms with E-state index in [-0.39, 0.29) is 36.7 Å². The van der Waals surface area contributed by atoms with E-state index in [0.29, 0.717) is 25.6 Å². The molecule has 0 aromatic heterocycles. The van der Waals surface area contributed by atoms with Gasteiger partial charge in [-0.05, 0) is 75.9 Å². The lowest BCUT2D eigenvalue weighted by molar-refractivity contribution is -0.141. The highest BCUT2D eigenvalue weighted by Crippen LogP contribution is 2.41. The fourth-order valence-corrected chi connectivity index (χ4v) is 6.59. The van der Waals surface area contributed by atoms with Crippen LogP contribution in [0.25, 0.3) is 0 Å². The quantitative estimate of drug-likeness (QED) is 0.384. The van der Waals surface area contributed by atoms with Gasteiger partial charge in [0.2, 0.25) is 0 Å². The average Bonchev–Trinajstić information content (AvgIpc) is 2.94. The maximum atomic E-state index is 13.9. The summed E-state index contributed by atoms with van der Waals surface area (Å²) in [7, 11) is -3.24. The topological polar surface area (TPSA) is 102 Å². The van der Waals surface area contributed by atoms with Gasteiger partial charge >= 0.3 is 18.2 Å². The summed E-state index contributed by atoms with van der Waals surface area (Å²) in [5, 5.41) is 0. The number of esters is 1. The standard InChI is InChI=1S/C29H35F3N2O7S/c1-28(2,3)41-27(36)33-14-6-7-20(17-33)19-10-12-25-24(15-19)34(18-22(40-25)11-13-26(35)39-4)42(37,38)23-9-5-8-21(16-23)29(30,31)32/h5,8-10,12,15-16,20,22H,6-7,11,13-14,17-18H2,1-4H3/t20?,22-/m0/s1. The van der Waals surface area contributed by atoms with Crippen molar-refractivity contribution in [3.63, 3.8) is 0 Å². The van der Waals surface area contributed by atoms with Crippen molar-refractivity contribution in [1.82, 2.24) is 4.90 Å². The van der Waals surface area contributed by atoms with Gasteiger partial charge in [-0.2, -0.15) is 13.2 Å². The fraction of sp³-hybridized carbons (Fsp3) is 0.517. The summed E-state index contributed by atoms with van der Waals surface area (Å²) < 4.78 is 85.4. The Morgan fingerprint density at radius 2 is 1.81 bits per heavy atom. The number of anilines is 1. The molecule has 2 heterocycles. The van der Waals surface area contributed by atoms with Gasteiger partial charge in [0, 0.05) is 25.4 Å². The molecule has 1 fully saturated rings. The summed E-state index contributed by atoms with van der Waals surface area (Å²) in [5.41, 5.74) is -0.815. The van der Waals surface area contributed by atoms with Gasteiger partial charge in [0.1, 0.15) is 17.5 Å². The first-order valence-electron chi connectivity index (χ1n) is 13.6. The number of carbonyl (C=O) groups is 2. The lowest BCUT2D eigenvalue weighted by Gasteiger charge is -2.37. The fourth-order valence-electron chi connectivity index (χ4n) is 5.04. The maximum absolute atomic E-state index is 13.9. The second kappa shape index (κ2) is 12.0. The van der Waals surface area contributed by atoms with Crippen LogP contribution in [0.3, 0.4) is 0 Å². The van der Waals surface area contributed by atoms with Crippen molar-refractivity contribution in [2.24, 2.45) is 0 Å². The Kier molecular flexibility index (Phi) is 9.00. The van der Waals surface area contributed by atoms with Crippen molar-refractivity contribution >= 4 is 27.8 Å². The molecule has 2 aromatic rings. The van der Waals surface area contributed by atoms with E-state index in [1.807, 2.05) is 0 Å². The number of likely N-dealkylation sites (tertiary alicyclic amines) is 1. The molecule has 0 N–H and O–H groups in total. The first-order valence-corrected chi connectivity index (χ1v) is 15.1. The van der Waals surface area contributed by atoms with Crippen molar-refractivity contribution in [2.45, 2.75) is 75.1 Å². The molecule has 4 rings (SSSR count). The molecule has 13 heteroatoms. The minimum atomic E-state index is -4.73. The highest BCUT2D eigenvalue weighted by molar-refractivity contribution is 7.92. The molecule has 1 amide bonds. The van der Waals surface area contributed by atoms with Crippen LogP contribution in [0.1, 0.15) is 63.5 Å². The molecule has 2 aliphatic heterocycles. The van der Waals surface area contributed by atoms with E-state index in [4.69, 9.17) is 9.47 Å². The Labute approximate surface area is 243 Å². The zero-order chi connectivity index (χ0) is 30.9. The Morgan fingerprint density at radius 3 is 2.48 bits per heavy atom. The van der Waals surface area contributed by atoms with Crippen LogP contribution in [-0.2, 0) is 30.5 Å². The van der Waals surface area contributed by atoms with Crippen molar-refractivity contribution in [1.29, 1.82) is 0 Å². The van der Waals surface area contributed by atoms with Crippen LogP contribution in [0.15, 0.2) is 47.4 Å². The number of sulfonamides is 1. The number of fused-ring (bicyclic) bond motifs is 1. The predicted molar refractivity (Wildman–Crippen MR) is 148 cm³/mol. The van der Waals surface area contributed by atoms with Crippen molar-refractivity contribution in [3.8, 4) is 5.75 Å². The minimum absolute atomic E-state index is 0.0331. The number of methoxy groups -OCH3 is 1. The highest BCUT2D eigenvalue weighted by atomic mass is 32.2. The zero-order valence-electron chi connectivity index (χ0n) is 23.9. The molecule has 9 nitrogen and oxygen atoms in total. The van der Waals surface area contributed by atoms with Gasteiger partial charge in [-0.15, -0.1) is 0 Å². The maximum Gasteiger partial charge on any atom is 0.416 e. The Hall–Kier alpha value is -3.48. The van der Waals surface area contributed by atoms with Crippen molar-refractivity contribution < 1.29 is 45.4 Å². The summed E-state index contributed by atoms with van der Waals surface area (Å²) >= 11 is 0. The van der Waals surface area contributed by atoms with E-state index in [0.717, 1.165) is 34.5 Å². The van der Waals surface area contributed by atoms with E-state index in [1.54, 1.807) is 43.9 Å². The summed E-state index contributed by atoms with van der Waals surface area (Å²) in [6, 6.07) is 8.65. The first-order chi connectivity index (χ1) is 19.6. The number of ether oxygens (including phenoxy) is 3. The molecular formula is C29H35F3N2O7S. The lowest BCUT2D eigenvalue weighted by Crippen LogP contribution is -2.44. The molecular weight excluding hydrogens is 577 g/mol. The SMILES string of the molecule is COC(=O)CC[C@H]1CN(S(=O)(=O)c2cccc(C(F)(F)F)c2)c2cc(C3CCCN(C(=O)OC(C)(C)C)C3)ccc2O1. The molecule has 42 heavy (non-hydrogen) atoms. The van der Waals surface area contributed by atoms with Gasteiger partial charge in [-0.3, -0.25) is 9.10 Å². The number of carbonyl (C=O) groups excluding carboxylic acids is 2. The van der Waals surface area contributed by atoms with Gasteiger partial charge in [0.15, 0.2) is 0 Å². The molecule has 0 bridgehead atoms. The summed E-state index contributed by atoms with van der Waals surface area (Å²) in [5.74, 6) is -0.416. The monoisotopic (exact) mass is 612 g/mol. The molecule has 1 saturated heterocycles. The van der Waals surface area contributed by atoms with Crippen LogP contribution in [-0.4, -0.2) is 63.8 Å². The number of halogens is 3. The third-order valence-corrected chi connectivity index (χ3v) is 8.88. The number of benzene rings is 2. The number of amides is 1. The molecule has 230 valence electrons. The van der Waals surface area contributed by atoms with E-state index in [9.17, 15) is 31.2 Å². The largest absolute Gasteiger partial charge is 0.486 e. The number of nitrogens with zero attached hydrogens (tertiary/aromatic N) is 2. The summed E-state index contributed by atoms with van der Waals surface area (Å²) in [4.78, 5) is 25.6. The average molecular weight is 613 g/mol. The summed E-state index contributed by atoms with van der Waals surface area (Å²) in [6.07, 6.45) is -4.37. The van der Waals surface area contributed by atoms with Crippen LogP contribution in [0.2, 0.25) is 0 Å². The Bertz CT molecular complexity index is 1420. The smallest absolute Gasteiger partial charge is 0.416 e. The van der Waals surface area contributed by atoms with E-state index < -0.39 is 50.4 Å². The number of alkyl halides is 3. The Morgan fingerprint density at radius 1 is 1.07 bits per heavy atom. The Balaban J connectivity index is 1.69. The van der Waals surface area contributed by atoms with Crippen LogP contribution < -0.4 is 9.04 Å². The van der Waals surface area contributed by atoms with Gasteiger partial charge < -0.3 is 19.1 Å². The third-order valence-electron chi connectivity index (χ3n) is 7.11. The number of piperidine rings is 1. The second-order valence-electron chi connectivity index (χ2n) is 11.4. The van der Waals surface area contributed by atoms with Gasteiger partial charge in [0.25, 0.3) is 10.0 Å². The highest BCUT2D eigenvalue weighted by Gasteiger charge is 2.38. The molecule has 1 unspecified atom stereocenters. The number of rotatable bonds is 6. The molecule has 0 saturated carbocycles. The zero-order valence-corrected chi connectivity index (χ0v) is 24.8. The van der Waals surface area contributed by atoms with Crippen LogP contribution in [0.5, 0.6) is 5.75 Å². The normalized spacial score (nSPS) is 19.5. The van der Waals surface area contributed by atoms with Crippen LogP contribution in [0.4, 0.5) is 23.7 Å². The third kappa shape index (κ3) is 7.29. The van der Waals surface area contributed by atoms with E-state index >= 15 is 0 Å². The molecule has 0 radical (unpaired) electrons. The number of hydrogen-bond acceptors (Lipinski definition) is 7. The lowest BCUT2D eigenvalue weighted by atomic mass is 9.90. The van der Waals surface area contributed by atoms with E-state index in [1.165, 1.54) is 7.11 Å². The van der Waals surface area contributed by atoms with E-state index in [2.05, 4.69) is 4.74 Å². The predicted octanol–water partition coefficient (Wildman–Crippen LogP) is 5.73. The molecule has 0 spiro atoms. The first kappa shape index (κ1) is 31.5. The van der Waals surface area contributed by atoms with Crippen LogP contribution >= 0.6 is 0 Å². The van der Waals surface area contributed by atoms with Gasteiger partial charge in [-0.1, -0.05) is 12.1 Å². The molecule has 2 aromatic carbocycles. The molecule has 0 aliphatic carbocycles. The second-order valence-corrected chi connectivity index (χ2v) is 13.3. The minimum Gasteiger partial charge on any atom is -0.486 e. The molecule has 2 atom stereocenters. The summed E-state index contributed by atoms with van der Waals surface area (Å²) in [6.45, 7) is 6.02. The van der Waals surface area contributed by atoms with Crippen LogP contribution in [0, 0.1) is 0 Å². The molecule has 2 aliphatic rings. The van der Waals surface area contributed by atoms with Crippen molar-refractivity contribution in [3.05, 3.63) is 53.6 Å². The van der Waals surface area contributed by atoms with Gasteiger partial charge in [-0.25, -0.2) is 13.2 Å². The van der Waals surface area contributed by atoms with Gasteiger partial charge in [0.05, 0.1) is 29.8 Å². The number of hydrogen-bond donors (Lipinski definition) is 0.